The van der Waals surface area contributed by atoms with Crippen LogP contribution in [-0.4, -0.2) is 31.7 Å². The summed E-state index contributed by atoms with van der Waals surface area (Å²) < 4.78 is 1.72. The van der Waals surface area contributed by atoms with Crippen molar-refractivity contribution in [2.75, 3.05) is 0 Å². The van der Waals surface area contributed by atoms with Gasteiger partial charge < -0.3 is 10.2 Å². The maximum Gasteiger partial charge on any atom is 0.0908 e. The second kappa shape index (κ2) is 5.19. The molecule has 0 aliphatic heterocycles. The van der Waals surface area contributed by atoms with Crippen molar-refractivity contribution in [2.24, 2.45) is 7.05 Å². The first kappa shape index (κ1) is 12.6. The highest BCUT2D eigenvalue weighted by atomic mass is 16.3. The molecule has 0 radical (unpaired) electrons. The Morgan fingerprint density at radius 3 is 2.53 bits per heavy atom. The fraction of sp³-hybridized carbons (Fsp3) is 0.769. The van der Waals surface area contributed by atoms with Crippen LogP contribution in [0.5, 0.6) is 0 Å². The highest BCUT2D eigenvalue weighted by molar-refractivity contribution is 5.07. The number of hydrogen-bond donors (Lipinski definition) is 2. The molecule has 1 atom stereocenters. The van der Waals surface area contributed by atoms with Crippen molar-refractivity contribution >= 4 is 0 Å². The van der Waals surface area contributed by atoms with E-state index in [9.17, 15) is 10.2 Å². The molecule has 1 aliphatic rings. The van der Waals surface area contributed by atoms with Crippen LogP contribution >= 0.6 is 0 Å². The third kappa shape index (κ3) is 3.07. The highest BCUT2D eigenvalue weighted by Gasteiger charge is 2.35. The number of rotatable bonds is 3. The molecule has 0 saturated heterocycles. The van der Waals surface area contributed by atoms with Crippen molar-refractivity contribution in [1.29, 1.82) is 0 Å². The molecule has 1 saturated carbocycles. The second-order valence-electron chi connectivity index (χ2n) is 5.26. The lowest BCUT2D eigenvalue weighted by Gasteiger charge is -2.31. The van der Waals surface area contributed by atoms with Crippen molar-refractivity contribution in [3.05, 3.63) is 18.0 Å². The third-order valence-electron chi connectivity index (χ3n) is 3.78. The minimum Gasteiger partial charge on any atom is -0.390 e. The minimum absolute atomic E-state index is 0.490. The summed E-state index contributed by atoms with van der Waals surface area (Å²) in [5.74, 6) is 0. The van der Waals surface area contributed by atoms with Crippen LogP contribution in [0, 0.1) is 0 Å². The maximum absolute atomic E-state index is 10.5. The molecule has 1 aromatic heterocycles. The van der Waals surface area contributed by atoms with Crippen molar-refractivity contribution in [3.8, 4) is 0 Å². The van der Waals surface area contributed by atoms with E-state index >= 15 is 0 Å². The molecule has 96 valence electrons. The third-order valence-corrected chi connectivity index (χ3v) is 3.78. The van der Waals surface area contributed by atoms with E-state index in [-0.39, 0.29) is 0 Å². The average molecular weight is 238 g/mol. The van der Waals surface area contributed by atoms with Gasteiger partial charge in [-0.3, -0.25) is 4.68 Å². The Hall–Kier alpha value is -0.870. The molecule has 0 bridgehead atoms. The van der Waals surface area contributed by atoms with Gasteiger partial charge in [0.05, 0.1) is 17.9 Å². The van der Waals surface area contributed by atoms with E-state index in [0.717, 1.165) is 18.4 Å². The fourth-order valence-electron chi connectivity index (χ4n) is 2.66. The molecule has 17 heavy (non-hydrogen) atoms. The number of aryl methyl sites for hydroxylation is 1. The first-order valence-electron chi connectivity index (χ1n) is 6.48. The van der Waals surface area contributed by atoms with Gasteiger partial charge in [0.2, 0.25) is 0 Å². The van der Waals surface area contributed by atoms with Crippen molar-refractivity contribution in [2.45, 2.75) is 56.7 Å². The number of hydrogen-bond acceptors (Lipinski definition) is 3. The monoisotopic (exact) mass is 238 g/mol. The number of aliphatic hydroxyl groups excluding tert-OH is 1. The number of aliphatic hydroxyl groups is 2. The summed E-state index contributed by atoms with van der Waals surface area (Å²) in [4.78, 5) is 0. The maximum atomic E-state index is 10.5. The first-order chi connectivity index (χ1) is 8.10. The topological polar surface area (TPSA) is 58.3 Å². The van der Waals surface area contributed by atoms with Crippen LogP contribution in [0.1, 0.15) is 44.1 Å². The van der Waals surface area contributed by atoms with Gasteiger partial charge in [0.25, 0.3) is 0 Å². The lowest BCUT2D eigenvalue weighted by Crippen LogP contribution is -2.43. The zero-order chi connectivity index (χ0) is 12.3. The molecule has 1 heterocycles. The molecule has 4 nitrogen and oxygen atoms in total. The summed E-state index contributed by atoms with van der Waals surface area (Å²) in [6.45, 7) is 0. The lowest BCUT2D eigenvalue weighted by molar-refractivity contribution is -0.0836. The Morgan fingerprint density at radius 1 is 1.35 bits per heavy atom. The second-order valence-corrected chi connectivity index (χ2v) is 5.26. The van der Waals surface area contributed by atoms with Gasteiger partial charge in [-0.25, -0.2) is 0 Å². The van der Waals surface area contributed by atoms with Gasteiger partial charge in [-0.05, 0) is 18.4 Å². The van der Waals surface area contributed by atoms with Crippen molar-refractivity contribution < 1.29 is 10.2 Å². The van der Waals surface area contributed by atoms with Gasteiger partial charge in [0, 0.05) is 19.7 Å². The summed E-state index contributed by atoms with van der Waals surface area (Å²) in [5, 5.41) is 24.8. The van der Waals surface area contributed by atoms with Gasteiger partial charge >= 0.3 is 0 Å². The smallest absolute Gasteiger partial charge is 0.0908 e. The van der Waals surface area contributed by atoms with Crippen LogP contribution in [0.25, 0.3) is 0 Å². The number of nitrogens with zero attached hydrogens (tertiary/aromatic N) is 2. The van der Waals surface area contributed by atoms with E-state index < -0.39 is 11.7 Å². The standard InChI is InChI=1S/C13H22N2O2/c1-15-10-11(9-14-15)8-12(16)13(17)6-4-2-3-5-7-13/h9-10,12,16-17H,2-8H2,1H3. The Balaban J connectivity index is 2.00. The fourth-order valence-corrected chi connectivity index (χ4v) is 2.66. The first-order valence-corrected chi connectivity index (χ1v) is 6.48. The molecule has 1 aromatic rings. The molecule has 0 spiro atoms. The SMILES string of the molecule is Cn1cc(CC(O)C2(O)CCCCCC2)cn1. The Labute approximate surface area is 102 Å². The van der Waals surface area contributed by atoms with Crippen LogP contribution in [-0.2, 0) is 13.5 Å². The van der Waals surface area contributed by atoms with Crippen molar-refractivity contribution in [1.82, 2.24) is 9.78 Å². The van der Waals surface area contributed by atoms with Gasteiger partial charge in [-0.15, -0.1) is 0 Å². The summed E-state index contributed by atoms with van der Waals surface area (Å²) in [6, 6.07) is 0. The molecule has 0 aromatic carbocycles. The van der Waals surface area contributed by atoms with Crippen LogP contribution in [0.4, 0.5) is 0 Å². The van der Waals surface area contributed by atoms with Crippen LogP contribution < -0.4 is 0 Å². The Bertz CT molecular complexity index is 354. The summed E-state index contributed by atoms with van der Waals surface area (Å²) in [6.07, 6.45) is 9.26. The quantitative estimate of drug-likeness (QED) is 0.783. The highest BCUT2D eigenvalue weighted by Crippen LogP contribution is 2.31. The van der Waals surface area contributed by atoms with Gasteiger partial charge in [0.1, 0.15) is 0 Å². The molecular formula is C13H22N2O2. The molecule has 1 fully saturated rings. The summed E-state index contributed by atoms with van der Waals surface area (Å²) >= 11 is 0. The van der Waals surface area contributed by atoms with Gasteiger partial charge in [-0.2, -0.15) is 5.10 Å². The number of aromatic nitrogens is 2. The summed E-state index contributed by atoms with van der Waals surface area (Å²) in [7, 11) is 1.86. The van der Waals surface area contributed by atoms with Crippen molar-refractivity contribution in [3.63, 3.8) is 0 Å². The molecule has 2 rings (SSSR count). The largest absolute Gasteiger partial charge is 0.390 e. The average Bonchev–Trinajstić information content (AvgIpc) is 2.56. The zero-order valence-corrected chi connectivity index (χ0v) is 10.5. The molecular weight excluding hydrogens is 216 g/mol. The van der Waals surface area contributed by atoms with Gasteiger partial charge in [-0.1, -0.05) is 25.7 Å². The molecule has 0 amide bonds. The minimum atomic E-state index is -0.896. The van der Waals surface area contributed by atoms with E-state index in [0.29, 0.717) is 19.3 Å². The Morgan fingerprint density at radius 2 is 2.00 bits per heavy atom. The van der Waals surface area contributed by atoms with Crippen LogP contribution in [0.15, 0.2) is 12.4 Å². The lowest BCUT2D eigenvalue weighted by atomic mass is 9.85. The Kier molecular flexibility index (Phi) is 3.84. The van der Waals surface area contributed by atoms with E-state index in [1.807, 2.05) is 13.2 Å². The molecule has 1 unspecified atom stereocenters. The molecule has 1 aliphatic carbocycles. The van der Waals surface area contributed by atoms with Crippen LogP contribution in [0.2, 0.25) is 0 Å². The normalized spacial score (nSPS) is 22.1. The van der Waals surface area contributed by atoms with E-state index in [1.165, 1.54) is 12.8 Å². The van der Waals surface area contributed by atoms with E-state index in [4.69, 9.17) is 0 Å². The van der Waals surface area contributed by atoms with E-state index in [1.54, 1.807) is 10.9 Å². The molecule has 4 heteroatoms. The van der Waals surface area contributed by atoms with Gasteiger partial charge in [0.15, 0.2) is 0 Å². The molecule has 2 N–H and O–H groups in total. The predicted molar refractivity (Wildman–Crippen MR) is 65.6 cm³/mol. The predicted octanol–water partition coefficient (Wildman–Crippen LogP) is 1.41. The summed E-state index contributed by atoms with van der Waals surface area (Å²) in [5.41, 5.74) is 0.0875. The van der Waals surface area contributed by atoms with E-state index in [2.05, 4.69) is 5.10 Å². The zero-order valence-electron chi connectivity index (χ0n) is 10.5. The van der Waals surface area contributed by atoms with Crippen LogP contribution in [0.3, 0.4) is 0 Å².